The third-order valence-corrected chi connectivity index (χ3v) is 4.78. The van der Waals surface area contributed by atoms with Crippen molar-refractivity contribution in [2.75, 3.05) is 5.75 Å². The van der Waals surface area contributed by atoms with E-state index in [4.69, 9.17) is 7.85 Å². The molecule has 0 aliphatic heterocycles. The maximum absolute atomic E-state index is 9.34. The highest BCUT2D eigenvalue weighted by Crippen LogP contribution is 2.31. The summed E-state index contributed by atoms with van der Waals surface area (Å²) in [6, 6.07) is 7.99. The molecule has 3 aromatic heterocycles. The van der Waals surface area contributed by atoms with Gasteiger partial charge in [-0.1, -0.05) is 26.0 Å². The van der Waals surface area contributed by atoms with Gasteiger partial charge in [-0.25, -0.2) is 4.52 Å². The van der Waals surface area contributed by atoms with Crippen LogP contribution in [0.3, 0.4) is 0 Å². The number of nitriles is 1. The van der Waals surface area contributed by atoms with E-state index in [1.165, 1.54) is 0 Å². The van der Waals surface area contributed by atoms with Crippen LogP contribution in [0.2, 0.25) is 0 Å². The van der Waals surface area contributed by atoms with Crippen LogP contribution in [0.15, 0.2) is 41.7 Å². The second-order valence-corrected chi connectivity index (χ2v) is 6.82. The lowest BCUT2D eigenvalue weighted by Gasteiger charge is -2.10. The third kappa shape index (κ3) is 3.25. The van der Waals surface area contributed by atoms with Gasteiger partial charge >= 0.3 is 0 Å². The van der Waals surface area contributed by atoms with Gasteiger partial charge in [0.15, 0.2) is 0 Å². The SMILES string of the molecule is [B]c1ccc(-c2cc(SCC(C)C)cn3ncc(C#N)c23)cn1. The molecule has 0 aromatic carbocycles. The normalized spacial score (nSPS) is 11.0. The van der Waals surface area contributed by atoms with Crippen molar-refractivity contribution in [2.24, 2.45) is 5.92 Å². The molecule has 4 nitrogen and oxygen atoms in total. The maximum atomic E-state index is 9.34. The van der Waals surface area contributed by atoms with E-state index in [1.54, 1.807) is 34.7 Å². The molecule has 0 aliphatic carbocycles. The Labute approximate surface area is 141 Å². The van der Waals surface area contributed by atoms with Crippen molar-refractivity contribution in [3.05, 3.63) is 42.4 Å². The van der Waals surface area contributed by atoms with Crippen LogP contribution in [-0.4, -0.2) is 28.2 Å². The molecule has 2 radical (unpaired) electrons. The van der Waals surface area contributed by atoms with Gasteiger partial charge in [-0.3, -0.25) is 4.98 Å². The summed E-state index contributed by atoms with van der Waals surface area (Å²) in [4.78, 5) is 5.28. The van der Waals surface area contributed by atoms with Crippen molar-refractivity contribution < 1.29 is 0 Å². The van der Waals surface area contributed by atoms with Crippen LogP contribution >= 0.6 is 11.8 Å². The average Bonchev–Trinajstić information content (AvgIpc) is 2.96. The molecule has 112 valence electrons. The van der Waals surface area contributed by atoms with Crippen LogP contribution < -0.4 is 5.59 Å². The van der Waals surface area contributed by atoms with Gasteiger partial charge in [0.05, 0.1) is 17.3 Å². The Morgan fingerprint density at radius 2 is 2.17 bits per heavy atom. The van der Waals surface area contributed by atoms with Crippen LogP contribution in [-0.2, 0) is 0 Å². The largest absolute Gasteiger partial charge is 0.272 e. The first-order valence-corrected chi connectivity index (χ1v) is 8.33. The monoisotopic (exact) mass is 318 g/mol. The minimum absolute atomic E-state index is 0.476. The van der Waals surface area contributed by atoms with Gasteiger partial charge in [0.1, 0.15) is 13.9 Å². The van der Waals surface area contributed by atoms with Crippen LogP contribution in [0.5, 0.6) is 0 Å². The Morgan fingerprint density at radius 3 is 2.83 bits per heavy atom. The molecule has 0 bridgehead atoms. The zero-order valence-corrected chi connectivity index (χ0v) is 13.8. The van der Waals surface area contributed by atoms with E-state index in [0.717, 1.165) is 27.3 Å². The molecule has 6 heteroatoms. The standard InChI is InChI=1S/C17H15BN4S/c1-11(2)10-23-14-5-15(12-3-4-16(18)20-7-12)17-13(6-19)8-21-22(17)9-14/h3-5,7-9,11H,10H2,1-2H3. The Morgan fingerprint density at radius 1 is 1.35 bits per heavy atom. The number of thioether (sulfide) groups is 1. The van der Waals surface area contributed by atoms with Crippen molar-refractivity contribution in [1.82, 2.24) is 14.6 Å². The number of hydrogen-bond acceptors (Lipinski definition) is 4. The van der Waals surface area contributed by atoms with E-state index in [2.05, 4.69) is 36.1 Å². The molecule has 23 heavy (non-hydrogen) atoms. The Bertz CT molecular complexity index is 878. The molecular formula is C17H15BN4S. The van der Waals surface area contributed by atoms with Crippen molar-refractivity contribution in [3.63, 3.8) is 0 Å². The van der Waals surface area contributed by atoms with Crippen molar-refractivity contribution in [3.8, 4) is 17.2 Å². The van der Waals surface area contributed by atoms with Crippen molar-refractivity contribution in [1.29, 1.82) is 5.26 Å². The molecule has 3 rings (SSSR count). The van der Waals surface area contributed by atoms with Crippen LogP contribution in [0.4, 0.5) is 0 Å². The predicted octanol–water partition coefficient (Wildman–Crippen LogP) is 2.81. The lowest BCUT2D eigenvalue weighted by Crippen LogP contribution is -2.06. The van der Waals surface area contributed by atoms with Crippen LogP contribution in [0, 0.1) is 17.2 Å². The van der Waals surface area contributed by atoms with Gasteiger partial charge in [0, 0.05) is 34.2 Å². The van der Waals surface area contributed by atoms with E-state index in [0.29, 0.717) is 17.1 Å². The summed E-state index contributed by atoms with van der Waals surface area (Å²) >= 11 is 1.78. The number of nitrogens with zero attached hydrogens (tertiary/aromatic N) is 4. The Kier molecular flexibility index (Phi) is 4.40. The van der Waals surface area contributed by atoms with Crippen LogP contribution in [0.25, 0.3) is 16.6 Å². The van der Waals surface area contributed by atoms with E-state index in [9.17, 15) is 5.26 Å². The van der Waals surface area contributed by atoms with E-state index in [-0.39, 0.29) is 0 Å². The fraction of sp³-hybridized carbons (Fsp3) is 0.235. The number of pyridine rings is 2. The molecule has 0 amide bonds. The molecule has 0 N–H and O–H groups in total. The molecule has 3 aromatic rings. The van der Waals surface area contributed by atoms with E-state index < -0.39 is 0 Å². The highest BCUT2D eigenvalue weighted by molar-refractivity contribution is 7.99. The molecule has 0 atom stereocenters. The number of aromatic nitrogens is 3. The number of fused-ring (bicyclic) bond motifs is 1. The predicted molar refractivity (Wildman–Crippen MR) is 94.1 cm³/mol. The lowest BCUT2D eigenvalue weighted by molar-refractivity contribution is 0.750. The average molecular weight is 318 g/mol. The van der Waals surface area contributed by atoms with Crippen LogP contribution in [0.1, 0.15) is 19.4 Å². The second kappa shape index (κ2) is 6.47. The molecule has 0 saturated carbocycles. The molecule has 0 fully saturated rings. The zero-order valence-electron chi connectivity index (χ0n) is 13.0. The summed E-state index contributed by atoms with van der Waals surface area (Å²) in [5, 5.41) is 13.7. The zero-order chi connectivity index (χ0) is 16.4. The number of rotatable bonds is 4. The van der Waals surface area contributed by atoms with Crippen molar-refractivity contribution >= 4 is 30.7 Å². The first-order valence-electron chi connectivity index (χ1n) is 7.34. The molecule has 0 saturated heterocycles. The summed E-state index contributed by atoms with van der Waals surface area (Å²) < 4.78 is 1.77. The highest BCUT2D eigenvalue weighted by atomic mass is 32.2. The smallest absolute Gasteiger partial charge is 0.141 e. The minimum Gasteiger partial charge on any atom is -0.272 e. The maximum Gasteiger partial charge on any atom is 0.141 e. The topological polar surface area (TPSA) is 54.0 Å². The lowest BCUT2D eigenvalue weighted by atomic mass is 10.0. The summed E-state index contributed by atoms with van der Waals surface area (Å²) in [5.41, 5.74) is 3.70. The van der Waals surface area contributed by atoms with E-state index in [1.807, 2.05) is 12.3 Å². The quantitative estimate of drug-likeness (QED) is 0.548. The minimum atomic E-state index is 0.476. The van der Waals surface area contributed by atoms with Crippen molar-refractivity contribution in [2.45, 2.75) is 18.7 Å². The van der Waals surface area contributed by atoms with Gasteiger partial charge < -0.3 is 0 Å². The van der Waals surface area contributed by atoms with E-state index >= 15 is 0 Å². The highest BCUT2D eigenvalue weighted by Gasteiger charge is 2.13. The fourth-order valence-corrected chi connectivity index (χ4v) is 3.21. The molecule has 0 aliphatic rings. The van der Waals surface area contributed by atoms with Gasteiger partial charge in [0.25, 0.3) is 0 Å². The van der Waals surface area contributed by atoms with Gasteiger partial charge in [-0.2, -0.15) is 10.4 Å². The van der Waals surface area contributed by atoms with Gasteiger partial charge in [-0.15, -0.1) is 11.8 Å². The Balaban J connectivity index is 2.17. The van der Waals surface area contributed by atoms with Gasteiger partial charge in [-0.05, 0) is 17.6 Å². The molecular weight excluding hydrogens is 303 g/mol. The fourth-order valence-electron chi connectivity index (χ4n) is 2.31. The summed E-state index contributed by atoms with van der Waals surface area (Å²) in [6.45, 7) is 4.38. The summed E-state index contributed by atoms with van der Waals surface area (Å²) in [6.07, 6.45) is 5.30. The molecule has 0 unspecified atom stereocenters. The first-order chi connectivity index (χ1) is 11.1. The Hall–Kier alpha value is -2.26. The molecule has 3 heterocycles. The summed E-state index contributed by atoms with van der Waals surface area (Å²) in [5.74, 6) is 1.63. The van der Waals surface area contributed by atoms with Gasteiger partial charge in [0.2, 0.25) is 0 Å². The second-order valence-electron chi connectivity index (χ2n) is 5.73. The summed E-state index contributed by atoms with van der Waals surface area (Å²) in [7, 11) is 5.68. The first kappa shape index (κ1) is 15.6. The molecule has 0 spiro atoms. The number of hydrogen-bond donors (Lipinski definition) is 0. The third-order valence-electron chi connectivity index (χ3n) is 3.39.